The number of amidine groups is 1. The number of nitrogens with zero attached hydrogens (tertiary/aromatic N) is 1. The Kier molecular flexibility index (Phi) is 5.23. The van der Waals surface area contributed by atoms with Gasteiger partial charge >= 0.3 is 0 Å². The van der Waals surface area contributed by atoms with Crippen LogP contribution in [0, 0.1) is 5.41 Å². The van der Waals surface area contributed by atoms with Gasteiger partial charge in [-0.3, -0.25) is 5.41 Å². The molecule has 3 nitrogen and oxygen atoms in total. The van der Waals surface area contributed by atoms with Crippen LogP contribution in [0.25, 0.3) is 22.4 Å². The van der Waals surface area contributed by atoms with E-state index in [2.05, 4.69) is 73.6 Å². The molecule has 0 bridgehead atoms. The lowest BCUT2D eigenvalue weighted by Crippen LogP contribution is -2.10. The maximum absolute atomic E-state index is 7.50. The Morgan fingerprint density at radius 1 is 1.04 bits per heavy atom. The summed E-state index contributed by atoms with van der Waals surface area (Å²) in [6, 6.07) is 15.3. The van der Waals surface area contributed by atoms with Crippen molar-refractivity contribution in [2.24, 2.45) is 5.73 Å². The Hall–Kier alpha value is -2.46. The van der Waals surface area contributed by atoms with E-state index in [0.717, 1.165) is 17.7 Å². The third-order valence-electron chi connectivity index (χ3n) is 4.49. The van der Waals surface area contributed by atoms with Crippen LogP contribution in [-0.2, 0) is 11.8 Å². The molecule has 0 fully saturated rings. The van der Waals surface area contributed by atoms with Crippen molar-refractivity contribution in [2.75, 3.05) is 0 Å². The minimum absolute atomic E-state index is 0.146. The summed E-state index contributed by atoms with van der Waals surface area (Å²) in [5.74, 6) is 0.222. The van der Waals surface area contributed by atoms with E-state index in [1.807, 2.05) is 5.51 Å². The molecule has 0 saturated carbocycles. The Labute approximate surface area is 159 Å². The highest BCUT2D eigenvalue weighted by molar-refractivity contribution is 7.07. The number of aromatic nitrogens is 1. The quantitative estimate of drug-likeness (QED) is 0.455. The van der Waals surface area contributed by atoms with Crippen LogP contribution in [0.15, 0.2) is 53.4 Å². The molecule has 134 valence electrons. The van der Waals surface area contributed by atoms with Crippen LogP contribution < -0.4 is 5.73 Å². The molecule has 0 amide bonds. The number of aryl methyl sites for hydroxylation is 1. The number of thiazole rings is 1. The average Bonchev–Trinajstić information content (AvgIpc) is 3.14. The Balaban J connectivity index is 2.01. The Bertz CT molecular complexity index is 888. The second-order valence-corrected chi connectivity index (χ2v) is 8.36. The number of hydrogen-bond acceptors (Lipinski definition) is 3. The van der Waals surface area contributed by atoms with Crippen molar-refractivity contribution >= 4 is 17.2 Å². The first-order chi connectivity index (χ1) is 12.3. The van der Waals surface area contributed by atoms with E-state index < -0.39 is 0 Å². The van der Waals surface area contributed by atoms with Gasteiger partial charge in [0.05, 0.1) is 17.0 Å². The van der Waals surface area contributed by atoms with Crippen molar-refractivity contribution in [3.63, 3.8) is 0 Å². The minimum Gasteiger partial charge on any atom is -0.388 e. The summed E-state index contributed by atoms with van der Waals surface area (Å²) in [7, 11) is 0. The van der Waals surface area contributed by atoms with Crippen LogP contribution in [0.1, 0.15) is 38.3 Å². The summed E-state index contributed by atoms with van der Waals surface area (Å²) < 4.78 is 0. The maximum Gasteiger partial charge on any atom is 0.0908 e. The largest absolute Gasteiger partial charge is 0.388 e. The summed E-state index contributed by atoms with van der Waals surface area (Å²) in [6.45, 7) is 6.68. The van der Waals surface area contributed by atoms with E-state index in [0.29, 0.717) is 6.42 Å². The van der Waals surface area contributed by atoms with Crippen LogP contribution in [-0.4, -0.2) is 10.8 Å². The zero-order chi connectivity index (χ0) is 18.7. The SMILES string of the molecule is CC(C)(C)c1ccc(-c2cc(CCC(=N)N)cc(-c3cscn3)c2)cc1. The summed E-state index contributed by atoms with van der Waals surface area (Å²) in [6.07, 6.45) is 1.34. The first-order valence-corrected chi connectivity index (χ1v) is 9.73. The number of hydrogen-bond donors (Lipinski definition) is 2. The summed E-state index contributed by atoms with van der Waals surface area (Å²) in [5.41, 5.74) is 14.5. The normalized spacial score (nSPS) is 11.5. The molecular weight excluding hydrogens is 338 g/mol. The molecular formula is C22H25N3S. The molecule has 0 aliphatic rings. The number of benzene rings is 2. The van der Waals surface area contributed by atoms with E-state index in [9.17, 15) is 0 Å². The standard InChI is InChI=1S/C22H25N3S/c1-22(2,3)19-7-5-16(6-8-19)17-10-15(4-9-21(23)24)11-18(12-17)20-13-26-14-25-20/h5-8,10-14H,4,9H2,1-3H3,(H3,23,24). The van der Waals surface area contributed by atoms with Crippen molar-refractivity contribution < 1.29 is 0 Å². The van der Waals surface area contributed by atoms with Crippen LogP contribution in [0.2, 0.25) is 0 Å². The molecule has 26 heavy (non-hydrogen) atoms. The van der Waals surface area contributed by atoms with Crippen LogP contribution in [0.5, 0.6) is 0 Å². The van der Waals surface area contributed by atoms with Crippen LogP contribution in [0.4, 0.5) is 0 Å². The Morgan fingerprint density at radius 2 is 1.73 bits per heavy atom. The minimum atomic E-state index is 0.146. The van der Waals surface area contributed by atoms with Crippen molar-refractivity contribution in [2.45, 2.75) is 39.0 Å². The average molecular weight is 364 g/mol. The summed E-state index contributed by atoms with van der Waals surface area (Å²) in [5, 5.41) is 9.57. The Morgan fingerprint density at radius 3 is 2.31 bits per heavy atom. The molecule has 0 spiro atoms. The molecule has 3 aromatic rings. The molecule has 2 aromatic carbocycles. The molecule has 0 radical (unpaired) electrons. The predicted octanol–water partition coefficient (Wildman–Crippen LogP) is 5.64. The van der Waals surface area contributed by atoms with Gasteiger partial charge in [0.25, 0.3) is 0 Å². The van der Waals surface area contributed by atoms with Crippen molar-refractivity contribution in [3.05, 3.63) is 64.5 Å². The first-order valence-electron chi connectivity index (χ1n) is 8.79. The molecule has 1 heterocycles. The smallest absolute Gasteiger partial charge is 0.0908 e. The lowest BCUT2D eigenvalue weighted by molar-refractivity contribution is 0.590. The van der Waals surface area contributed by atoms with E-state index >= 15 is 0 Å². The monoisotopic (exact) mass is 363 g/mol. The van der Waals surface area contributed by atoms with E-state index in [-0.39, 0.29) is 11.3 Å². The highest BCUT2D eigenvalue weighted by Crippen LogP contribution is 2.30. The third-order valence-corrected chi connectivity index (χ3v) is 5.07. The maximum atomic E-state index is 7.50. The molecule has 3 rings (SSSR count). The molecule has 0 saturated heterocycles. The van der Waals surface area contributed by atoms with Crippen LogP contribution in [0.3, 0.4) is 0 Å². The number of nitrogens with one attached hydrogen (secondary N) is 1. The number of rotatable bonds is 5. The molecule has 0 unspecified atom stereocenters. The fourth-order valence-corrected chi connectivity index (χ4v) is 3.51. The van der Waals surface area contributed by atoms with Gasteiger partial charge in [-0.25, -0.2) is 4.98 Å². The van der Waals surface area contributed by atoms with Gasteiger partial charge in [-0.15, -0.1) is 11.3 Å². The zero-order valence-electron chi connectivity index (χ0n) is 15.5. The molecule has 3 N–H and O–H groups in total. The van der Waals surface area contributed by atoms with Gasteiger partial charge in [0.1, 0.15) is 0 Å². The van der Waals surface area contributed by atoms with Gasteiger partial charge in [0.15, 0.2) is 0 Å². The molecule has 0 aliphatic heterocycles. The van der Waals surface area contributed by atoms with Gasteiger partial charge in [0, 0.05) is 17.4 Å². The van der Waals surface area contributed by atoms with Gasteiger partial charge in [-0.1, -0.05) is 51.1 Å². The van der Waals surface area contributed by atoms with Crippen LogP contribution >= 0.6 is 11.3 Å². The number of nitrogens with two attached hydrogens (primary N) is 1. The highest BCUT2D eigenvalue weighted by atomic mass is 32.1. The van der Waals surface area contributed by atoms with E-state index in [1.165, 1.54) is 22.3 Å². The topological polar surface area (TPSA) is 62.8 Å². The van der Waals surface area contributed by atoms with Crippen molar-refractivity contribution in [1.82, 2.24) is 4.98 Å². The van der Waals surface area contributed by atoms with Gasteiger partial charge in [-0.05, 0) is 46.2 Å². The predicted molar refractivity (Wildman–Crippen MR) is 112 cm³/mol. The second-order valence-electron chi connectivity index (χ2n) is 7.64. The van der Waals surface area contributed by atoms with E-state index in [4.69, 9.17) is 11.1 Å². The van der Waals surface area contributed by atoms with Gasteiger partial charge in [0.2, 0.25) is 0 Å². The lowest BCUT2D eigenvalue weighted by Gasteiger charge is -2.19. The molecule has 1 aromatic heterocycles. The summed E-state index contributed by atoms with van der Waals surface area (Å²) in [4.78, 5) is 4.46. The molecule has 4 heteroatoms. The lowest BCUT2D eigenvalue weighted by atomic mass is 9.86. The van der Waals surface area contributed by atoms with Gasteiger partial charge < -0.3 is 5.73 Å². The van der Waals surface area contributed by atoms with E-state index in [1.54, 1.807) is 11.3 Å². The first kappa shape index (κ1) is 18.3. The van der Waals surface area contributed by atoms with Gasteiger partial charge in [-0.2, -0.15) is 0 Å². The zero-order valence-corrected chi connectivity index (χ0v) is 16.4. The fourth-order valence-electron chi connectivity index (χ4n) is 2.95. The summed E-state index contributed by atoms with van der Waals surface area (Å²) >= 11 is 1.60. The molecule has 0 aliphatic carbocycles. The van der Waals surface area contributed by atoms with Crippen molar-refractivity contribution in [3.8, 4) is 22.4 Å². The van der Waals surface area contributed by atoms with Crippen molar-refractivity contribution in [1.29, 1.82) is 5.41 Å². The highest BCUT2D eigenvalue weighted by Gasteiger charge is 2.13. The fraction of sp³-hybridized carbons (Fsp3) is 0.273. The third kappa shape index (κ3) is 4.38. The molecule has 0 atom stereocenters. The second kappa shape index (κ2) is 7.42.